The number of ether oxygens (including phenoxy) is 1. The molecule has 27 heavy (non-hydrogen) atoms. The van der Waals surface area contributed by atoms with Crippen LogP contribution in [0.2, 0.25) is 0 Å². The van der Waals surface area contributed by atoms with Gasteiger partial charge in [-0.2, -0.15) is 0 Å². The first-order valence-electron chi connectivity index (χ1n) is 8.38. The van der Waals surface area contributed by atoms with Crippen LogP contribution < -0.4 is 0 Å². The third kappa shape index (κ3) is 4.20. The number of hydrogen-bond donors (Lipinski definition) is 0. The highest BCUT2D eigenvalue weighted by Gasteiger charge is 2.11. The molecule has 0 saturated carbocycles. The molecular formula is C20H15FN2O3S. The average Bonchev–Trinajstić information content (AvgIpc) is 3.32. The summed E-state index contributed by atoms with van der Waals surface area (Å²) < 4.78 is 24.9. The second-order valence-electron chi connectivity index (χ2n) is 5.86. The quantitative estimate of drug-likeness (QED) is 0.450. The summed E-state index contributed by atoms with van der Waals surface area (Å²) in [7, 11) is 0. The van der Waals surface area contributed by atoms with Gasteiger partial charge in [0.1, 0.15) is 17.4 Å². The lowest BCUT2D eigenvalue weighted by Crippen LogP contribution is -2.05. The first-order valence-corrected chi connectivity index (χ1v) is 9.20. The molecule has 0 bridgehead atoms. The Hall–Kier alpha value is -3.06. The van der Waals surface area contributed by atoms with E-state index in [1.54, 1.807) is 18.3 Å². The molecule has 4 aromatic rings. The highest BCUT2D eigenvalue weighted by molar-refractivity contribution is 7.18. The van der Waals surface area contributed by atoms with Crippen LogP contribution in [0, 0.1) is 5.82 Å². The van der Waals surface area contributed by atoms with Crippen LogP contribution in [0.5, 0.6) is 0 Å². The van der Waals surface area contributed by atoms with Crippen LogP contribution in [0.15, 0.2) is 59.1 Å². The molecule has 4 rings (SSSR count). The number of aromatic nitrogens is 2. The SMILES string of the molecule is O=C(CCc1ncc(-c2ccc(F)cc2)o1)OCc1nc2ccccc2s1. The molecule has 0 radical (unpaired) electrons. The lowest BCUT2D eigenvalue weighted by molar-refractivity contribution is -0.145. The van der Waals surface area contributed by atoms with Gasteiger partial charge >= 0.3 is 5.97 Å². The van der Waals surface area contributed by atoms with E-state index in [0.717, 1.165) is 20.8 Å². The van der Waals surface area contributed by atoms with Crippen LogP contribution in [0.25, 0.3) is 21.5 Å². The zero-order valence-corrected chi connectivity index (χ0v) is 15.0. The van der Waals surface area contributed by atoms with Gasteiger partial charge < -0.3 is 9.15 Å². The van der Waals surface area contributed by atoms with E-state index in [4.69, 9.17) is 9.15 Å². The van der Waals surface area contributed by atoms with Gasteiger partial charge in [0.25, 0.3) is 0 Å². The van der Waals surface area contributed by atoms with Gasteiger partial charge in [-0.25, -0.2) is 14.4 Å². The number of halogens is 1. The maximum Gasteiger partial charge on any atom is 0.306 e. The Morgan fingerprint density at radius 3 is 2.78 bits per heavy atom. The number of carbonyl (C=O) groups is 1. The van der Waals surface area contributed by atoms with Crippen LogP contribution in [-0.4, -0.2) is 15.9 Å². The van der Waals surface area contributed by atoms with Crippen LogP contribution in [-0.2, 0) is 22.6 Å². The number of fused-ring (bicyclic) bond motifs is 1. The number of esters is 1. The molecule has 0 aliphatic heterocycles. The summed E-state index contributed by atoms with van der Waals surface area (Å²) in [6.45, 7) is 0.157. The van der Waals surface area contributed by atoms with Crippen molar-refractivity contribution in [2.75, 3.05) is 0 Å². The Labute approximate surface area is 158 Å². The van der Waals surface area contributed by atoms with Gasteiger partial charge in [0.15, 0.2) is 11.7 Å². The summed E-state index contributed by atoms with van der Waals surface area (Å²) in [5.41, 5.74) is 1.63. The fourth-order valence-corrected chi connectivity index (χ4v) is 3.46. The molecule has 2 heterocycles. The minimum Gasteiger partial charge on any atom is -0.458 e. The van der Waals surface area contributed by atoms with E-state index in [2.05, 4.69) is 9.97 Å². The maximum absolute atomic E-state index is 13.0. The number of carbonyl (C=O) groups excluding carboxylic acids is 1. The molecule has 0 aliphatic carbocycles. The maximum atomic E-state index is 13.0. The number of rotatable bonds is 6. The zero-order chi connectivity index (χ0) is 18.6. The van der Waals surface area contributed by atoms with E-state index >= 15 is 0 Å². The molecule has 0 amide bonds. The molecule has 2 aromatic carbocycles. The molecule has 0 atom stereocenters. The van der Waals surface area contributed by atoms with E-state index in [-0.39, 0.29) is 24.8 Å². The Morgan fingerprint density at radius 2 is 1.96 bits per heavy atom. The number of aryl methyl sites for hydroxylation is 1. The standard InChI is InChI=1S/C20H15FN2O3S/c21-14-7-5-13(6-8-14)16-11-22-18(26-16)9-10-20(24)25-12-19-23-15-3-1-2-4-17(15)27-19/h1-8,11H,9-10,12H2. The Balaban J connectivity index is 1.29. The molecule has 0 spiro atoms. The first kappa shape index (κ1) is 17.4. The lowest BCUT2D eigenvalue weighted by Gasteiger charge is -2.01. The largest absolute Gasteiger partial charge is 0.458 e. The van der Waals surface area contributed by atoms with Gasteiger partial charge in [-0.05, 0) is 36.4 Å². The van der Waals surface area contributed by atoms with E-state index in [1.807, 2.05) is 24.3 Å². The van der Waals surface area contributed by atoms with Gasteiger partial charge in [0.05, 0.1) is 22.8 Å². The predicted octanol–water partition coefficient (Wildman–Crippen LogP) is 4.77. The summed E-state index contributed by atoms with van der Waals surface area (Å²) >= 11 is 1.51. The van der Waals surface area contributed by atoms with Crippen molar-refractivity contribution in [3.05, 3.63) is 71.4 Å². The molecule has 0 aliphatic rings. The average molecular weight is 382 g/mol. The van der Waals surface area contributed by atoms with Crippen molar-refractivity contribution in [2.45, 2.75) is 19.4 Å². The predicted molar refractivity (Wildman–Crippen MR) is 99.6 cm³/mol. The van der Waals surface area contributed by atoms with Crippen molar-refractivity contribution in [1.29, 1.82) is 0 Å². The molecule has 136 valence electrons. The summed E-state index contributed by atoms with van der Waals surface area (Å²) in [5, 5.41) is 0.763. The van der Waals surface area contributed by atoms with Crippen molar-refractivity contribution >= 4 is 27.5 Å². The summed E-state index contributed by atoms with van der Waals surface area (Å²) in [5.74, 6) is 0.323. The highest BCUT2D eigenvalue weighted by atomic mass is 32.1. The molecule has 7 heteroatoms. The second kappa shape index (κ2) is 7.67. The second-order valence-corrected chi connectivity index (χ2v) is 6.98. The zero-order valence-electron chi connectivity index (χ0n) is 14.2. The summed E-state index contributed by atoms with van der Waals surface area (Å²) in [6, 6.07) is 13.7. The Bertz CT molecular complexity index is 1040. The fraction of sp³-hybridized carbons (Fsp3) is 0.150. The number of thiazole rings is 1. The van der Waals surface area contributed by atoms with E-state index in [0.29, 0.717) is 18.1 Å². The van der Waals surface area contributed by atoms with Crippen LogP contribution in [0.3, 0.4) is 0 Å². The molecule has 0 fully saturated rings. The topological polar surface area (TPSA) is 65.2 Å². The lowest BCUT2D eigenvalue weighted by atomic mass is 10.2. The van der Waals surface area contributed by atoms with Crippen molar-refractivity contribution in [1.82, 2.24) is 9.97 Å². The summed E-state index contributed by atoms with van der Waals surface area (Å²) in [6.07, 6.45) is 2.06. The molecule has 0 saturated heterocycles. The third-order valence-electron chi connectivity index (χ3n) is 3.92. The molecule has 2 aromatic heterocycles. The highest BCUT2D eigenvalue weighted by Crippen LogP contribution is 2.23. The molecule has 0 N–H and O–H groups in total. The minimum absolute atomic E-state index is 0.157. The molecule has 0 unspecified atom stereocenters. The smallest absolute Gasteiger partial charge is 0.306 e. The van der Waals surface area contributed by atoms with Crippen molar-refractivity contribution in [3.8, 4) is 11.3 Å². The Kier molecular flexibility index (Phi) is 4.93. The van der Waals surface area contributed by atoms with Gasteiger partial charge in [0, 0.05) is 12.0 Å². The molecular weight excluding hydrogens is 367 g/mol. The van der Waals surface area contributed by atoms with Crippen LogP contribution >= 0.6 is 11.3 Å². The normalized spacial score (nSPS) is 11.0. The van der Waals surface area contributed by atoms with Crippen LogP contribution in [0.1, 0.15) is 17.3 Å². The van der Waals surface area contributed by atoms with Gasteiger partial charge in [-0.15, -0.1) is 11.3 Å². The van der Waals surface area contributed by atoms with Gasteiger partial charge in [-0.3, -0.25) is 4.79 Å². The van der Waals surface area contributed by atoms with Gasteiger partial charge in [0.2, 0.25) is 0 Å². The number of benzene rings is 2. The van der Waals surface area contributed by atoms with Gasteiger partial charge in [-0.1, -0.05) is 12.1 Å². The van der Waals surface area contributed by atoms with E-state index in [1.165, 1.54) is 23.5 Å². The minimum atomic E-state index is -0.337. The number of nitrogens with zero attached hydrogens (tertiary/aromatic N) is 2. The Morgan fingerprint density at radius 1 is 1.15 bits per heavy atom. The first-order chi connectivity index (χ1) is 13.2. The van der Waals surface area contributed by atoms with Crippen molar-refractivity contribution < 1.29 is 18.3 Å². The van der Waals surface area contributed by atoms with Crippen LogP contribution in [0.4, 0.5) is 4.39 Å². The number of para-hydroxylation sites is 1. The number of oxazole rings is 1. The van der Waals surface area contributed by atoms with Crippen molar-refractivity contribution in [2.24, 2.45) is 0 Å². The number of hydrogen-bond acceptors (Lipinski definition) is 6. The van der Waals surface area contributed by atoms with Crippen molar-refractivity contribution in [3.63, 3.8) is 0 Å². The van der Waals surface area contributed by atoms with E-state index < -0.39 is 0 Å². The third-order valence-corrected chi connectivity index (χ3v) is 4.93. The molecule has 5 nitrogen and oxygen atoms in total. The van der Waals surface area contributed by atoms with E-state index in [9.17, 15) is 9.18 Å². The fourth-order valence-electron chi connectivity index (χ4n) is 2.58. The summed E-state index contributed by atoms with van der Waals surface area (Å²) in [4.78, 5) is 20.5. The monoisotopic (exact) mass is 382 g/mol.